The van der Waals surface area contributed by atoms with Crippen LogP contribution in [0.25, 0.3) is 66.6 Å². The largest absolute Gasteiger partial charge is 0.454 e. The first-order chi connectivity index (χ1) is 20.5. The summed E-state index contributed by atoms with van der Waals surface area (Å²) in [6, 6.07) is 42.1. The van der Waals surface area contributed by atoms with Gasteiger partial charge in [0.1, 0.15) is 18.2 Å². The Morgan fingerprint density at radius 2 is 1.21 bits per heavy atom. The number of hydrogen-bond donors (Lipinski definition) is 0. The fraction of sp³-hybridized carbons (Fsp3) is 0.0769. The van der Waals surface area contributed by atoms with Crippen molar-refractivity contribution in [3.63, 3.8) is 0 Å². The summed E-state index contributed by atoms with van der Waals surface area (Å²) in [6.45, 7) is 4.30. The van der Waals surface area contributed by atoms with Crippen LogP contribution in [0.2, 0.25) is 0 Å². The summed E-state index contributed by atoms with van der Waals surface area (Å²) in [5.41, 5.74) is 13.1. The summed E-state index contributed by atoms with van der Waals surface area (Å²) in [4.78, 5) is 0. The maximum Gasteiger partial charge on any atom is 0.216 e. The van der Waals surface area contributed by atoms with Gasteiger partial charge in [0.25, 0.3) is 0 Å². The van der Waals surface area contributed by atoms with E-state index in [0.29, 0.717) is 5.56 Å². The van der Waals surface area contributed by atoms with E-state index >= 15 is 0 Å². The van der Waals surface area contributed by atoms with E-state index in [4.69, 9.17) is 4.42 Å². The monoisotopic (exact) mass is 541 g/mol. The Balaban J connectivity index is 1.47. The Kier molecular flexibility index (Phi) is 6.18. The number of nitriles is 1. The van der Waals surface area contributed by atoms with Gasteiger partial charge in [0, 0.05) is 28.0 Å². The van der Waals surface area contributed by atoms with E-state index in [-0.39, 0.29) is 0 Å². The van der Waals surface area contributed by atoms with Crippen LogP contribution < -0.4 is 4.57 Å². The first-order valence-electron chi connectivity index (χ1n) is 14.1. The summed E-state index contributed by atoms with van der Waals surface area (Å²) < 4.78 is 9.03. The third-order valence-electron chi connectivity index (χ3n) is 8.22. The fourth-order valence-electron chi connectivity index (χ4n) is 6.10. The van der Waals surface area contributed by atoms with Gasteiger partial charge in [0.15, 0.2) is 6.20 Å². The molecule has 0 atom stereocenters. The number of aromatic nitrogens is 1. The van der Waals surface area contributed by atoms with Crippen molar-refractivity contribution in [1.29, 1.82) is 5.26 Å². The SMILES string of the molecule is Cc1cc(-c2c(C)ccc3c2oc2c(-c4cccc(-c5ccccc5)c4)c(C#N)ccc23)[n+](C)cc1-c1ccccc1. The van der Waals surface area contributed by atoms with E-state index in [1.54, 1.807) is 0 Å². The number of rotatable bonds is 4. The highest BCUT2D eigenvalue weighted by molar-refractivity contribution is 6.14. The molecule has 3 nitrogen and oxygen atoms in total. The number of hydrogen-bond acceptors (Lipinski definition) is 2. The standard InChI is InChI=1S/C39H29N2O/c1-25-17-19-32-33-20-18-31(23-40)37(30-16-10-15-29(22-30)27-11-6-4-7-12-27)39(33)42-38(32)36(25)35-21-26(2)34(24-41(35)3)28-13-8-5-9-14-28/h4-22,24H,1-3H3/q+1. The zero-order chi connectivity index (χ0) is 28.8. The summed E-state index contributed by atoms with van der Waals surface area (Å²) in [6.07, 6.45) is 2.20. The molecule has 42 heavy (non-hydrogen) atoms. The molecule has 0 spiro atoms. The topological polar surface area (TPSA) is 40.8 Å². The molecule has 7 aromatic rings. The lowest BCUT2D eigenvalue weighted by Crippen LogP contribution is -2.31. The molecule has 0 amide bonds. The third-order valence-corrected chi connectivity index (χ3v) is 8.22. The zero-order valence-corrected chi connectivity index (χ0v) is 23.8. The molecule has 0 aliphatic heterocycles. The van der Waals surface area contributed by atoms with E-state index in [1.165, 1.54) is 16.7 Å². The van der Waals surface area contributed by atoms with Crippen molar-refractivity contribution >= 4 is 21.9 Å². The molecular formula is C39H29N2O+. The van der Waals surface area contributed by atoms with Gasteiger partial charge in [-0.05, 0) is 65.4 Å². The van der Waals surface area contributed by atoms with Crippen LogP contribution in [-0.4, -0.2) is 0 Å². The molecule has 0 aliphatic carbocycles. The second-order valence-corrected chi connectivity index (χ2v) is 10.9. The quantitative estimate of drug-likeness (QED) is 0.208. The van der Waals surface area contributed by atoms with Gasteiger partial charge in [0.05, 0.1) is 17.2 Å². The van der Waals surface area contributed by atoms with E-state index in [1.807, 2.05) is 42.5 Å². The lowest BCUT2D eigenvalue weighted by Gasteiger charge is -2.10. The first-order valence-corrected chi connectivity index (χ1v) is 14.1. The average molecular weight is 542 g/mol. The normalized spacial score (nSPS) is 11.2. The molecule has 5 aromatic carbocycles. The number of aryl methyl sites for hydroxylation is 3. The minimum absolute atomic E-state index is 0.596. The first kappa shape index (κ1) is 25.5. The molecule has 0 aliphatic rings. The molecule has 2 aromatic heterocycles. The molecule has 7 rings (SSSR count). The van der Waals surface area contributed by atoms with Crippen LogP contribution in [0, 0.1) is 25.2 Å². The molecular weight excluding hydrogens is 512 g/mol. The molecule has 0 N–H and O–H groups in total. The van der Waals surface area contributed by atoms with Crippen LogP contribution in [-0.2, 0) is 7.05 Å². The van der Waals surface area contributed by atoms with Crippen LogP contribution in [0.5, 0.6) is 0 Å². The summed E-state index contributed by atoms with van der Waals surface area (Å²) in [7, 11) is 2.09. The highest BCUT2D eigenvalue weighted by atomic mass is 16.3. The second-order valence-electron chi connectivity index (χ2n) is 10.9. The fourth-order valence-corrected chi connectivity index (χ4v) is 6.10. The average Bonchev–Trinajstić information content (AvgIpc) is 3.41. The van der Waals surface area contributed by atoms with Gasteiger partial charge in [-0.15, -0.1) is 0 Å². The molecule has 0 saturated carbocycles. The van der Waals surface area contributed by atoms with Crippen molar-refractivity contribution in [1.82, 2.24) is 0 Å². The van der Waals surface area contributed by atoms with Gasteiger partial charge in [0.2, 0.25) is 5.69 Å². The maximum absolute atomic E-state index is 10.2. The molecule has 0 saturated heterocycles. The predicted octanol–water partition coefficient (Wildman–Crippen LogP) is 9.57. The minimum atomic E-state index is 0.596. The third kappa shape index (κ3) is 4.17. The molecule has 0 radical (unpaired) electrons. The van der Waals surface area contributed by atoms with E-state index < -0.39 is 0 Å². The van der Waals surface area contributed by atoms with Gasteiger partial charge in [-0.3, -0.25) is 0 Å². The summed E-state index contributed by atoms with van der Waals surface area (Å²) >= 11 is 0. The number of nitrogens with zero attached hydrogens (tertiary/aromatic N) is 2. The van der Waals surface area contributed by atoms with Crippen molar-refractivity contribution in [3.05, 3.63) is 138 Å². The van der Waals surface area contributed by atoms with Crippen LogP contribution >= 0.6 is 0 Å². The molecule has 0 fully saturated rings. The van der Waals surface area contributed by atoms with E-state index in [0.717, 1.165) is 61.0 Å². The van der Waals surface area contributed by atoms with E-state index in [9.17, 15) is 5.26 Å². The number of furan rings is 1. The van der Waals surface area contributed by atoms with Crippen LogP contribution in [0.15, 0.2) is 126 Å². The maximum atomic E-state index is 10.2. The number of benzene rings is 5. The lowest BCUT2D eigenvalue weighted by atomic mass is 9.94. The molecule has 2 heterocycles. The molecule has 3 heteroatoms. The highest BCUT2D eigenvalue weighted by Gasteiger charge is 2.24. The Hall–Kier alpha value is -5.46. The van der Waals surface area contributed by atoms with Gasteiger partial charge in [-0.1, -0.05) is 91.0 Å². The smallest absolute Gasteiger partial charge is 0.216 e. The molecule has 0 bridgehead atoms. The number of fused-ring (bicyclic) bond motifs is 3. The summed E-state index contributed by atoms with van der Waals surface area (Å²) in [5.74, 6) is 0. The van der Waals surface area contributed by atoms with Gasteiger partial charge >= 0.3 is 0 Å². The van der Waals surface area contributed by atoms with Gasteiger partial charge in [-0.2, -0.15) is 5.26 Å². The van der Waals surface area contributed by atoms with Crippen molar-refractivity contribution in [2.75, 3.05) is 0 Å². The van der Waals surface area contributed by atoms with Gasteiger partial charge < -0.3 is 4.42 Å². The van der Waals surface area contributed by atoms with Crippen LogP contribution in [0.3, 0.4) is 0 Å². The van der Waals surface area contributed by atoms with Gasteiger partial charge in [-0.25, -0.2) is 4.57 Å². The predicted molar refractivity (Wildman–Crippen MR) is 171 cm³/mol. The van der Waals surface area contributed by atoms with E-state index in [2.05, 4.69) is 111 Å². The Labute approximate surface area is 245 Å². The minimum Gasteiger partial charge on any atom is -0.454 e. The van der Waals surface area contributed by atoms with Crippen molar-refractivity contribution < 1.29 is 8.98 Å². The van der Waals surface area contributed by atoms with Crippen molar-refractivity contribution in [3.8, 4) is 50.7 Å². The Bertz CT molecular complexity index is 2170. The summed E-state index contributed by atoms with van der Waals surface area (Å²) in [5, 5.41) is 12.2. The van der Waals surface area contributed by atoms with Crippen LogP contribution in [0.1, 0.15) is 16.7 Å². The Morgan fingerprint density at radius 3 is 1.93 bits per heavy atom. The lowest BCUT2D eigenvalue weighted by molar-refractivity contribution is -0.659. The molecule has 0 unspecified atom stereocenters. The van der Waals surface area contributed by atoms with Crippen molar-refractivity contribution in [2.45, 2.75) is 13.8 Å². The highest BCUT2D eigenvalue weighted by Crippen LogP contribution is 2.42. The second kappa shape index (κ2) is 10.2. The number of pyridine rings is 1. The Morgan fingerprint density at radius 1 is 0.595 bits per heavy atom. The molecule has 200 valence electrons. The van der Waals surface area contributed by atoms with Crippen LogP contribution in [0.4, 0.5) is 0 Å². The zero-order valence-electron chi connectivity index (χ0n) is 23.8. The van der Waals surface area contributed by atoms with Crippen molar-refractivity contribution in [2.24, 2.45) is 7.05 Å².